The molecule has 0 atom stereocenters. The lowest BCUT2D eigenvalue weighted by molar-refractivity contribution is 0.0829. The fourth-order valence-electron chi connectivity index (χ4n) is 2.44. The maximum atomic E-state index is 12.2. The molecule has 2 aromatic rings. The lowest BCUT2D eigenvalue weighted by atomic mass is 10.2. The Morgan fingerprint density at radius 1 is 1.04 bits per heavy atom. The van der Waals surface area contributed by atoms with Gasteiger partial charge >= 0.3 is 5.91 Å². The minimum absolute atomic E-state index is 0.0787. The summed E-state index contributed by atoms with van der Waals surface area (Å²) in [6.07, 6.45) is 1.01. The molecule has 1 aromatic carbocycles. The van der Waals surface area contributed by atoms with Crippen LogP contribution in [0.2, 0.25) is 0 Å². The third kappa shape index (κ3) is 6.39. The van der Waals surface area contributed by atoms with Gasteiger partial charge in [0.05, 0.1) is 12.8 Å². The Balaban J connectivity index is 1.95. The van der Waals surface area contributed by atoms with E-state index < -0.39 is 21.8 Å². The molecule has 0 saturated heterocycles. The van der Waals surface area contributed by atoms with Crippen LogP contribution in [0.1, 0.15) is 40.5 Å². The van der Waals surface area contributed by atoms with Crippen molar-refractivity contribution in [3.05, 3.63) is 53.5 Å². The summed E-state index contributed by atoms with van der Waals surface area (Å²) in [5, 5.41) is 0. The van der Waals surface area contributed by atoms with Crippen molar-refractivity contribution in [3.63, 3.8) is 0 Å². The number of hydrogen-bond acceptors (Lipinski definition) is 6. The monoisotopic (exact) mass is 408 g/mol. The van der Waals surface area contributed by atoms with Crippen LogP contribution in [0.4, 0.5) is 5.69 Å². The Morgan fingerprint density at radius 2 is 1.71 bits per heavy atom. The van der Waals surface area contributed by atoms with E-state index in [2.05, 4.69) is 20.5 Å². The van der Waals surface area contributed by atoms with E-state index in [1.807, 2.05) is 13.8 Å². The van der Waals surface area contributed by atoms with Gasteiger partial charge in [0, 0.05) is 11.3 Å². The molecule has 0 unspecified atom stereocenters. The summed E-state index contributed by atoms with van der Waals surface area (Å²) in [5.74, 6) is -0.459. The van der Waals surface area contributed by atoms with Crippen LogP contribution >= 0.6 is 0 Å². The molecule has 0 fully saturated rings. The number of furan rings is 1. The number of rotatable bonds is 8. The van der Waals surface area contributed by atoms with Gasteiger partial charge in [-0.05, 0) is 43.4 Å². The molecule has 2 rings (SSSR count). The highest BCUT2D eigenvalue weighted by molar-refractivity contribution is 7.92. The first-order valence-corrected chi connectivity index (χ1v) is 10.6. The van der Waals surface area contributed by atoms with Crippen LogP contribution in [0.25, 0.3) is 0 Å². The molecule has 0 radical (unpaired) electrons. The topological polar surface area (TPSA) is 121 Å². The van der Waals surface area contributed by atoms with Gasteiger partial charge in [0.1, 0.15) is 5.76 Å². The summed E-state index contributed by atoms with van der Waals surface area (Å²) in [4.78, 5) is 26.5. The van der Waals surface area contributed by atoms with Crippen molar-refractivity contribution in [2.45, 2.75) is 20.4 Å². The summed E-state index contributed by atoms with van der Waals surface area (Å²) < 4.78 is 30.3. The van der Waals surface area contributed by atoms with Gasteiger partial charge in [0.15, 0.2) is 5.76 Å². The minimum atomic E-state index is -3.46. The normalized spacial score (nSPS) is 11.3. The number of carbonyl (C=O) groups is 2. The van der Waals surface area contributed by atoms with Crippen LogP contribution in [0.3, 0.4) is 0 Å². The first-order chi connectivity index (χ1) is 13.2. The first kappa shape index (κ1) is 21.5. The van der Waals surface area contributed by atoms with Crippen molar-refractivity contribution in [3.8, 4) is 0 Å². The molecule has 0 bridgehead atoms. The highest BCUT2D eigenvalue weighted by atomic mass is 32.2. The Kier molecular flexibility index (Phi) is 7.18. The largest absolute Gasteiger partial charge is 0.454 e. The summed E-state index contributed by atoms with van der Waals surface area (Å²) in [6.45, 7) is 6.39. The summed E-state index contributed by atoms with van der Waals surface area (Å²) in [6, 6.07) is 9.14. The van der Waals surface area contributed by atoms with Gasteiger partial charge in [-0.3, -0.25) is 30.1 Å². The molecule has 1 aromatic heterocycles. The molecule has 10 heteroatoms. The molecule has 1 heterocycles. The van der Waals surface area contributed by atoms with E-state index in [4.69, 9.17) is 4.42 Å². The van der Waals surface area contributed by atoms with Gasteiger partial charge < -0.3 is 4.42 Å². The van der Waals surface area contributed by atoms with Gasteiger partial charge in [-0.15, -0.1) is 0 Å². The fourth-order valence-corrected chi connectivity index (χ4v) is 2.99. The predicted octanol–water partition coefficient (Wildman–Crippen LogP) is 1.57. The van der Waals surface area contributed by atoms with Crippen LogP contribution in [0.15, 0.2) is 40.8 Å². The molecule has 152 valence electrons. The van der Waals surface area contributed by atoms with Crippen molar-refractivity contribution in [2.24, 2.45) is 0 Å². The second-order valence-corrected chi connectivity index (χ2v) is 7.84. The number of amides is 2. The Morgan fingerprint density at radius 3 is 2.36 bits per heavy atom. The van der Waals surface area contributed by atoms with Crippen molar-refractivity contribution < 1.29 is 22.4 Å². The standard InChI is InChI=1S/C18H24N4O5S/c1-4-22(5-2)12-15-9-10-16(27-15)18(24)20-19-17(23)13-7-6-8-14(11-13)21-28(3,25)26/h6-11,21H,4-5,12H2,1-3H3,(H,19,23)(H,20,24). The molecular formula is C18H24N4O5S. The van der Waals surface area contributed by atoms with Gasteiger partial charge in [-0.2, -0.15) is 0 Å². The van der Waals surface area contributed by atoms with Gasteiger partial charge in [0.25, 0.3) is 5.91 Å². The highest BCUT2D eigenvalue weighted by Gasteiger charge is 2.14. The van der Waals surface area contributed by atoms with E-state index in [0.717, 1.165) is 19.3 Å². The fraction of sp³-hybridized carbons (Fsp3) is 0.333. The third-order valence-corrected chi connectivity index (χ3v) is 4.48. The van der Waals surface area contributed by atoms with E-state index in [0.29, 0.717) is 12.3 Å². The van der Waals surface area contributed by atoms with Crippen molar-refractivity contribution >= 4 is 27.5 Å². The number of anilines is 1. The molecule has 0 saturated carbocycles. The van der Waals surface area contributed by atoms with Gasteiger partial charge in [-0.25, -0.2) is 8.42 Å². The molecule has 0 spiro atoms. The lowest BCUT2D eigenvalue weighted by Gasteiger charge is -2.15. The SMILES string of the molecule is CCN(CC)Cc1ccc(C(=O)NNC(=O)c2cccc(NS(C)(=O)=O)c2)o1. The quantitative estimate of drug-likeness (QED) is 0.570. The van der Waals surface area contributed by atoms with E-state index in [9.17, 15) is 18.0 Å². The zero-order valence-electron chi connectivity index (χ0n) is 16.0. The predicted molar refractivity (Wildman–Crippen MR) is 105 cm³/mol. The maximum absolute atomic E-state index is 12.2. The van der Waals surface area contributed by atoms with Crippen LogP contribution in [0.5, 0.6) is 0 Å². The van der Waals surface area contributed by atoms with E-state index >= 15 is 0 Å². The zero-order chi connectivity index (χ0) is 20.7. The summed E-state index contributed by atoms with van der Waals surface area (Å²) in [7, 11) is -3.46. The second kappa shape index (κ2) is 9.38. The van der Waals surface area contributed by atoms with Crippen molar-refractivity contribution in [1.29, 1.82) is 0 Å². The number of carbonyl (C=O) groups excluding carboxylic acids is 2. The average molecular weight is 408 g/mol. The number of sulfonamides is 1. The highest BCUT2D eigenvalue weighted by Crippen LogP contribution is 2.12. The van der Waals surface area contributed by atoms with Crippen molar-refractivity contribution in [2.75, 3.05) is 24.1 Å². The number of nitrogens with one attached hydrogen (secondary N) is 3. The molecule has 9 nitrogen and oxygen atoms in total. The third-order valence-electron chi connectivity index (χ3n) is 3.88. The summed E-state index contributed by atoms with van der Waals surface area (Å²) >= 11 is 0. The zero-order valence-corrected chi connectivity index (χ0v) is 16.8. The molecule has 3 N–H and O–H groups in total. The Bertz CT molecular complexity index is 935. The van der Waals surface area contributed by atoms with Gasteiger partial charge in [0.2, 0.25) is 10.0 Å². The van der Waals surface area contributed by atoms with Crippen LogP contribution in [0, 0.1) is 0 Å². The Hall–Kier alpha value is -2.85. The first-order valence-electron chi connectivity index (χ1n) is 8.71. The molecule has 0 aliphatic rings. The second-order valence-electron chi connectivity index (χ2n) is 6.09. The molecule has 28 heavy (non-hydrogen) atoms. The van der Waals surface area contributed by atoms with Gasteiger partial charge in [-0.1, -0.05) is 19.9 Å². The number of hydrogen-bond donors (Lipinski definition) is 3. The smallest absolute Gasteiger partial charge is 0.305 e. The average Bonchev–Trinajstić information content (AvgIpc) is 3.11. The number of hydrazine groups is 1. The van der Waals surface area contributed by atoms with E-state index in [1.54, 1.807) is 6.07 Å². The van der Waals surface area contributed by atoms with E-state index in [1.165, 1.54) is 30.3 Å². The minimum Gasteiger partial charge on any atom is -0.454 e. The molecule has 0 aliphatic carbocycles. The number of nitrogens with zero attached hydrogens (tertiary/aromatic N) is 1. The van der Waals surface area contributed by atoms with Crippen molar-refractivity contribution in [1.82, 2.24) is 15.8 Å². The number of benzene rings is 1. The Labute approximate surface area is 164 Å². The van der Waals surface area contributed by atoms with E-state index in [-0.39, 0.29) is 17.0 Å². The lowest BCUT2D eigenvalue weighted by Crippen LogP contribution is -2.41. The molecule has 0 aliphatic heterocycles. The maximum Gasteiger partial charge on any atom is 0.305 e. The van der Waals surface area contributed by atoms with Crippen LogP contribution in [-0.2, 0) is 16.6 Å². The van der Waals surface area contributed by atoms with Crippen LogP contribution < -0.4 is 15.6 Å². The van der Waals surface area contributed by atoms with Crippen LogP contribution in [-0.4, -0.2) is 44.5 Å². The molecular weight excluding hydrogens is 384 g/mol. The molecule has 2 amide bonds. The summed E-state index contributed by atoms with van der Waals surface area (Å²) in [5.41, 5.74) is 4.97.